The Hall–Kier alpha value is -2.41. The number of urea groups is 1. The summed E-state index contributed by atoms with van der Waals surface area (Å²) in [6.45, 7) is 7.74. The number of likely N-dealkylation sites (tertiary alicyclic amines) is 2. The topological polar surface area (TPSA) is 74.5 Å². The molecule has 2 aliphatic rings. The van der Waals surface area contributed by atoms with E-state index in [0.717, 1.165) is 63.4 Å². The predicted molar refractivity (Wildman–Crippen MR) is 121 cm³/mol. The van der Waals surface area contributed by atoms with Crippen LogP contribution in [0.15, 0.2) is 34.9 Å². The SMILES string of the molecule is CC(C)c1noc(CN2CCC([C@H]3CCCCCN3C(=O)Nc3ccccc3)CC2)n1. The van der Waals surface area contributed by atoms with Gasteiger partial charge in [0.25, 0.3) is 0 Å². The van der Waals surface area contributed by atoms with Crippen LogP contribution in [0.25, 0.3) is 0 Å². The molecule has 0 radical (unpaired) electrons. The Balaban J connectivity index is 1.35. The molecule has 2 aromatic rings. The fraction of sp³-hybridized carbons (Fsp3) is 0.625. The number of amides is 2. The number of nitrogens with one attached hydrogen (secondary N) is 1. The number of rotatable bonds is 5. The molecule has 7 nitrogen and oxygen atoms in total. The van der Waals surface area contributed by atoms with E-state index < -0.39 is 0 Å². The highest BCUT2D eigenvalue weighted by Gasteiger charge is 2.34. The molecular weight excluding hydrogens is 390 g/mol. The average molecular weight is 426 g/mol. The van der Waals surface area contributed by atoms with Gasteiger partial charge in [0.2, 0.25) is 5.89 Å². The van der Waals surface area contributed by atoms with Crippen molar-refractivity contribution < 1.29 is 9.32 Å². The quantitative estimate of drug-likeness (QED) is 0.739. The maximum atomic E-state index is 13.1. The Labute approximate surface area is 185 Å². The van der Waals surface area contributed by atoms with Gasteiger partial charge in [-0.3, -0.25) is 4.90 Å². The second kappa shape index (κ2) is 10.3. The maximum Gasteiger partial charge on any atom is 0.322 e. The fourth-order valence-corrected chi connectivity index (χ4v) is 4.85. The Morgan fingerprint density at radius 1 is 1.10 bits per heavy atom. The summed E-state index contributed by atoms with van der Waals surface area (Å²) in [7, 11) is 0. The monoisotopic (exact) mass is 425 g/mol. The molecule has 2 saturated heterocycles. The summed E-state index contributed by atoms with van der Waals surface area (Å²) in [6, 6.07) is 10.2. The third-order valence-corrected chi connectivity index (χ3v) is 6.62. The third kappa shape index (κ3) is 5.64. The van der Waals surface area contributed by atoms with Gasteiger partial charge in [-0.25, -0.2) is 4.79 Å². The average Bonchev–Trinajstić information content (AvgIpc) is 3.10. The van der Waals surface area contributed by atoms with Gasteiger partial charge in [0.05, 0.1) is 6.54 Å². The Morgan fingerprint density at radius 3 is 2.58 bits per heavy atom. The lowest BCUT2D eigenvalue weighted by molar-refractivity contribution is 0.0974. The van der Waals surface area contributed by atoms with Crippen molar-refractivity contribution in [2.75, 3.05) is 25.0 Å². The van der Waals surface area contributed by atoms with Gasteiger partial charge in [-0.2, -0.15) is 4.98 Å². The molecule has 0 bridgehead atoms. The van der Waals surface area contributed by atoms with E-state index in [9.17, 15) is 4.79 Å². The third-order valence-electron chi connectivity index (χ3n) is 6.62. The van der Waals surface area contributed by atoms with Crippen molar-refractivity contribution in [3.63, 3.8) is 0 Å². The number of piperidine rings is 1. The number of nitrogens with zero attached hydrogens (tertiary/aromatic N) is 4. The summed E-state index contributed by atoms with van der Waals surface area (Å²) in [5.41, 5.74) is 0.866. The number of carbonyl (C=O) groups is 1. The standard InChI is InChI=1S/C24H35N5O2/c1-18(2)23-26-22(31-27-23)17-28-15-12-19(13-16-28)21-11-7-4-8-14-29(21)24(30)25-20-9-5-3-6-10-20/h3,5-6,9-10,18-19,21H,4,7-8,11-17H2,1-2H3,(H,25,30)/t21-/m1/s1. The van der Waals surface area contributed by atoms with Gasteiger partial charge >= 0.3 is 6.03 Å². The van der Waals surface area contributed by atoms with E-state index in [4.69, 9.17) is 4.52 Å². The van der Waals surface area contributed by atoms with Crippen LogP contribution < -0.4 is 5.32 Å². The highest BCUT2D eigenvalue weighted by atomic mass is 16.5. The zero-order valence-electron chi connectivity index (χ0n) is 18.8. The molecule has 2 aliphatic heterocycles. The summed E-state index contributed by atoms with van der Waals surface area (Å²) in [6.07, 6.45) is 6.82. The molecule has 0 saturated carbocycles. The normalized spacial score (nSPS) is 21.3. The van der Waals surface area contributed by atoms with E-state index in [-0.39, 0.29) is 11.9 Å². The molecule has 0 spiro atoms. The lowest BCUT2D eigenvalue weighted by atomic mass is 9.86. The first-order valence-corrected chi connectivity index (χ1v) is 11.8. The van der Waals surface area contributed by atoms with Crippen LogP contribution in [0, 0.1) is 5.92 Å². The molecule has 4 rings (SSSR count). The lowest BCUT2D eigenvalue weighted by Gasteiger charge is -2.40. The Morgan fingerprint density at radius 2 is 1.87 bits per heavy atom. The second-order valence-electron chi connectivity index (χ2n) is 9.22. The molecule has 7 heteroatoms. The lowest BCUT2D eigenvalue weighted by Crippen LogP contribution is -2.49. The number of hydrogen-bond donors (Lipinski definition) is 1. The molecular formula is C24H35N5O2. The van der Waals surface area contributed by atoms with Crippen LogP contribution in [0.4, 0.5) is 10.5 Å². The molecule has 31 heavy (non-hydrogen) atoms. The highest BCUT2D eigenvalue weighted by molar-refractivity contribution is 5.89. The molecule has 1 atom stereocenters. The van der Waals surface area contributed by atoms with Crippen molar-refractivity contribution in [1.82, 2.24) is 19.9 Å². The van der Waals surface area contributed by atoms with Crippen molar-refractivity contribution in [2.45, 2.75) is 70.9 Å². The number of anilines is 1. The number of benzene rings is 1. The van der Waals surface area contributed by atoms with E-state index in [1.54, 1.807) is 0 Å². The van der Waals surface area contributed by atoms with E-state index in [1.165, 1.54) is 12.8 Å². The summed E-state index contributed by atoms with van der Waals surface area (Å²) in [5, 5.41) is 7.19. The largest absolute Gasteiger partial charge is 0.338 e. The Kier molecular flexibility index (Phi) is 7.22. The van der Waals surface area contributed by atoms with E-state index in [2.05, 4.69) is 39.1 Å². The number of carbonyl (C=O) groups excluding carboxylic acids is 1. The van der Waals surface area contributed by atoms with Crippen molar-refractivity contribution in [2.24, 2.45) is 5.92 Å². The minimum absolute atomic E-state index is 0.0487. The molecule has 3 heterocycles. The minimum atomic E-state index is 0.0487. The predicted octanol–water partition coefficient (Wildman–Crippen LogP) is 4.88. The van der Waals surface area contributed by atoms with Gasteiger partial charge in [-0.15, -0.1) is 0 Å². The van der Waals surface area contributed by atoms with Crippen LogP contribution in [-0.2, 0) is 6.54 Å². The second-order valence-corrected chi connectivity index (χ2v) is 9.22. The van der Waals surface area contributed by atoms with Gasteiger partial charge < -0.3 is 14.7 Å². The van der Waals surface area contributed by atoms with Gasteiger partial charge in [-0.1, -0.05) is 50.0 Å². The van der Waals surface area contributed by atoms with E-state index in [0.29, 0.717) is 17.9 Å². The molecule has 2 fully saturated rings. The first kappa shape index (κ1) is 21.8. The molecule has 1 N–H and O–H groups in total. The smallest absolute Gasteiger partial charge is 0.322 e. The van der Waals surface area contributed by atoms with Gasteiger partial charge in [0, 0.05) is 24.2 Å². The van der Waals surface area contributed by atoms with Gasteiger partial charge in [0.1, 0.15) is 0 Å². The summed E-state index contributed by atoms with van der Waals surface area (Å²) in [4.78, 5) is 22.2. The van der Waals surface area contributed by atoms with Crippen LogP contribution in [0.2, 0.25) is 0 Å². The van der Waals surface area contributed by atoms with Crippen LogP contribution in [0.5, 0.6) is 0 Å². The molecule has 0 aliphatic carbocycles. The number of hydrogen-bond acceptors (Lipinski definition) is 5. The van der Waals surface area contributed by atoms with Gasteiger partial charge in [0.15, 0.2) is 5.82 Å². The summed E-state index contributed by atoms with van der Waals surface area (Å²) < 4.78 is 5.43. The molecule has 168 valence electrons. The number of aromatic nitrogens is 2. The highest BCUT2D eigenvalue weighted by Crippen LogP contribution is 2.31. The summed E-state index contributed by atoms with van der Waals surface area (Å²) in [5.74, 6) is 2.32. The number of para-hydroxylation sites is 1. The van der Waals surface area contributed by atoms with Crippen LogP contribution in [-0.4, -0.2) is 51.6 Å². The van der Waals surface area contributed by atoms with Gasteiger partial charge in [-0.05, 0) is 56.8 Å². The van der Waals surface area contributed by atoms with Crippen LogP contribution in [0.1, 0.15) is 70.0 Å². The van der Waals surface area contributed by atoms with Crippen molar-refractivity contribution >= 4 is 11.7 Å². The molecule has 1 aromatic heterocycles. The van der Waals surface area contributed by atoms with E-state index in [1.807, 2.05) is 30.3 Å². The minimum Gasteiger partial charge on any atom is -0.338 e. The first-order valence-electron chi connectivity index (χ1n) is 11.8. The first-order chi connectivity index (χ1) is 15.1. The van der Waals surface area contributed by atoms with E-state index >= 15 is 0 Å². The molecule has 0 unspecified atom stereocenters. The van der Waals surface area contributed by atoms with Crippen LogP contribution >= 0.6 is 0 Å². The molecule has 1 aromatic carbocycles. The fourth-order valence-electron chi connectivity index (χ4n) is 4.85. The Bertz CT molecular complexity index is 830. The van der Waals surface area contributed by atoms with Crippen LogP contribution in [0.3, 0.4) is 0 Å². The summed E-state index contributed by atoms with van der Waals surface area (Å²) >= 11 is 0. The van der Waals surface area contributed by atoms with Crippen molar-refractivity contribution in [3.05, 3.63) is 42.0 Å². The molecule has 2 amide bonds. The van der Waals surface area contributed by atoms with Crippen molar-refractivity contribution in [3.8, 4) is 0 Å². The van der Waals surface area contributed by atoms with Crippen molar-refractivity contribution in [1.29, 1.82) is 0 Å². The zero-order valence-corrected chi connectivity index (χ0v) is 18.8. The maximum absolute atomic E-state index is 13.1. The zero-order chi connectivity index (χ0) is 21.6.